The number of fused-ring (bicyclic) bond motifs is 1. The molecular weight excluding hydrogens is 266 g/mol. The van der Waals surface area contributed by atoms with Crippen molar-refractivity contribution in [3.8, 4) is 6.07 Å². The van der Waals surface area contributed by atoms with Gasteiger partial charge in [0.05, 0.1) is 0 Å². The molecule has 16 heavy (non-hydrogen) atoms. The molecule has 0 spiro atoms. The van der Waals surface area contributed by atoms with Gasteiger partial charge in [-0.1, -0.05) is 15.9 Å². The lowest BCUT2D eigenvalue weighted by Crippen LogP contribution is -2.06. The molecule has 0 bridgehead atoms. The molecule has 0 unspecified atom stereocenters. The Labute approximate surface area is 103 Å². The molecule has 1 aromatic heterocycles. The highest BCUT2D eigenvalue weighted by atomic mass is 79.9. The fourth-order valence-corrected chi connectivity index (χ4v) is 2.35. The number of nitrogens with zero attached hydrogens (tertiary/aromatic N) is 2. The molecule has 82 valence electrons. The Morgan fingerprint density at radius 2 is 2.25 bits per heavy atom. The van der Waals surface area contributed by atoms with Crippen LogP contribution in [0.1, 0.15) is 11.3 Å². The molecule has 0 atom stereocenters. The van der Waals surface area contributed by atoms with Crippen molar-refractivity contribution >= 4 is 26.8 Å². The predicted molar refractivity (Wildman–Crippen MR) is 68.1 cm³/mol. The Kier molecular flexibility index (Phi) is 2.99. The van der Waals surface area contributed by atoms with Crippen molar-refractivity contribution in [3.63, 3.8) is 0 Å². The number of rotatable bonds is 2. The van der Waals surface area contributed by atoms with Gasteiger partial charge in [0.2, 0.25) is 0 Å². The van der Waals surface area contributed by atoms with Crippen molar-refractivity contribution in [2.45, 2.75) is 6.54 Å². The molecule has 0 radical (unpaired) electrons. The third-order valence-electron chi connectivity index (χ3n) is 2.73. The first-order chi connectivity index (χ1) is 7.69. The molecule has 1 N–H and O–H groups in total. The zero-order valence-corrected chi connectivity index (χ0v) is 10.8. The average Bonchev–Trinajstić information content (AvgIpc) is 2.52. The van der Waals surface area contributed by atoms with Crippen LogP contribution in [0.15, 0.2) is 22.7 Å². The number of nitriles is 1. The van der Waals surface area contributed by atoms with Crippen molar-refractivity contribution in [2.75, 3.05) is 7.05 Å². The lowest BCUT2D eigenvalue weighted by atomic mass is 10.1. The van der Waals surface area contributed by atoms with Crippen LogP contribution >= 0.6 is 15.9 Å². The van der Waals surface area contributed by atoms with Crippen molar-refractivity contribution < 1.29 is 0 Å². The topological polar surface area (TPSA) is 40.8 Å². The number of hydrogen-bond donors (Lipinski definition) is 1. The highest BCUT2D eigenvalue weighted by Gasteiger charge is 2.13. The molecule has 1 heterocycles. The first kappa shape index (κ1) is 11.2. The monoisotopic (exact) mass is 277 g/mol. The van der Waals surface area contributed by atoms with Crippen LogP contribution in [0.2, 0.25) is 0 Å². The minimum Gasteiger partial charge on any atom is -0.335 e. The molecule has 2 aromatic rings. The van der Waals surface area contributed by atoms with Gasteiger partial charge >= 0.3 is 0 Å². The van der Waals surface area contributed by atoms with E-state index in [2.05, 4.69) is 33.4 Å². The lowest BCUT2D eigenvalue weighted by Gasteiger charge is -1.98. The van der Waals surface area contributed by atoms with Crippen molar-refractivity contribution in [3.05, 3.63) is 33.9 Å². The minimum absolute atomic E-state index is 0.705. The van der Waals surface area contributed by atoms with Crippen molar-refractivity contribution in [1.29, 1.82) is 5.26 Å². The molecule has 0 fully saturated rings. The van der Waals surface area contributed by atoms with E-state index >= 15 is 0 Å². The van der Waals surface area contributed by atoms with E-state index in [0.717, 1.165) is 26.6 Å². The molecule has 4 heteroatoms. The van der Waals surface area contributed by atoms with Gasteiger partial charge in [0.15, 0.2) is 0 Å². The Morgan fingerprint density at radius 1 is 1.50 bits per heavy atom. The summed E-state index contributed by atoms with van der Waals surface area (Å²) < 4.78 is 2.97. The molecule has 0 aliphatic rings. The fraction of sp³-hybridized carbons (Fsp3) is 0.250. The van der Waals surface area contributed by atoms with Gasteiger partial charge in [0.1, 0.15) is 11.8 Å². The van der Waals surface area contributed by atoms with Gasteiger partial charge in [-0.15, -0.1) is 0 Å². The molecule has 0 saturated carbocycles. The molecule has 2 rings (SSSR count). The van der Waals surface area contributed by atoms with Crippen LogP contribution in [0.5, 0.6) is 0 Å². The normalized spacial score (nSPS) is 10.6. The maximum atomic E-state index is 9.19. The van der Waals surface area contributed by atoms with Gasteiger partial charge in [-0.3, -0.25) is 0 Å². The van der Waals surface area contributed by atoms with Gasteiger partial charge in [-0.2, -0.15) is 5.26 Å². The molecular formula is C12H12BrN3. The lowest BCUT2D eigenvalue weighted by molar-refractivity contribution is 0.810. The third-order valence-corrected chi connectivity index (χ3v) is 3.22. The maximum Gasteiger partial charge on any atom is 0.125 e. The second-order valence-electron chi connectivity index (χ2n) is 3.69. The molecule has 0 amide bonds. The van der Waals surface area contributed by atoms with Gasteiger partial charge < -0.3 is 9.88 Å². The average molecular weight is 278 g/mol. The summed E-state index contributed by atoms with van der Waals surface area (Å²) in [6.07, 6.45) is 0. The van der Waals surface area contributed by atoms with E-state index in [9.17, 15) is 5.26 Å². The largest absolute Gasteiger partial charge is 0.335 e. The van der Waals surface area contributed by atoms with E-state index < -0.39 is 0 Å². The number of hydrogen-bond acceptors (Lipinski definition) is 2. The molecule has 0 saturated heterocycles. The van der Waals surface area contributed by atoms with E-state index in [1.165, 1.54) is 0 Å². The van der Waals surface area contributed by atoms with Crippen LogP contribution in [0.25, 0.3) is 10.9 Å². The highest BCUT2D eigenvalue weighted by Crippen LogP contribution is 2.27. The first-order valence-corrected chi connectivity index (χ1v) is 5.80. The Balaban J connectivity index is 2.82. The quantitative estimate of drug-likeness (QED) is 0.917. The van der Waals surface area contributed by atoms with Crippen LogP contribution in [0.4, 0.5) is 0 Å². The summed E-state index contributed by atoms with van der Waals surface area (Å²) >= 11 is 3.46. The summed E-state index contributed by atoms with van der Waals surface area (Å²) in [6, 6.07) is 8.34. The van der Waals surface area contributed by atoms with E-state index in [-0.39, 0.29) is 0 Å². The Morgan fingerprint density at radius 3 is 2.88 bits per heavy atom. The summed E-state index contributed by atoms with van der Waals surface area (Å²) in [6.45, 7) is 0.705. The van der Waals surface area contributed by atoms with Crippen LogP contribution < -0.4 is 5.32 Å². The minimum atomic E-state index is 0.705. The van der Waals surface area contributed by atoms with Gasteiger partial charge in [0, 0.05) is 34.5 Å². The number of halogens is 1. The molecule has 1 aromatic carbocycles. The van der Waals surface area contributed by atoms with E-state index in [4.69, 9.17) is 0 Å². The van der Waals surface area contributed by atoms with Crippen LogP contribution in [-0.4, -0.2) is 11.6 Å². The molecule has 0 aliphatic carbocycles. The Bertz CT molecular complexity index is 578. The van der Waals surface area contributed by atoms with E-state index in [1.807, 2.05) is 30.8 Å². The number of nitrogens with one attached hydrogen (secondary N) is 1. The van der Waals surface area contributed by atoms with Crippen molar-refractivity contribution in [2.24, 2.45) is 7.05 Å². The van der Waals surface area contributed by atoms with Crippen molar-refractivity contribution in [1.82, 2.24) is 9.88 Å². The van der Waals surface area contributed by atoms with Gasteiger partial charge in [-0.05, 0) is 25.2 Å². The SMILES string of the molecule is CNCc1c(C#N)n(C)c2ccc(Br)cc12. The van der Waals surface area contributed by atoms with Crippen LogP contribution in [0.3, 0.4) is 0 Å². The zero-order valence-electron chi connectivity index (χ0n) is 9.21. The summed E-state index contributed by atoms with van der Waals surface area (Å²) in [5.41, 5.74) is 2.87. The van der Waals surface area contributed by atoms with Gasteiger partial charge in [-0.25, -0.2) is 0 Å². The summed E-state index contributed by atoms with van der Waals surface area (Å²) in [7, 11) is 3.81. The van der Waals surface area contributed by atoms with E-state index in [1.54, 1.807) is 0 Å². The number of aryl methyl sites for hydroxylation is 1. The number of aromatic nitrogens is 1. The molecule has 0 aliphatic heterocycles. The summed E-state index contributed by atoms with van der Waals surface area (Å²) in [5.74, 6) is 0. The Hall–Kier alpha value is -1.31. The number of benzene rings is 1. The van der Waals surface area contributed by atoms with Crippen LogP contribution in [0, 0.1) is 11.3 Å². The fourth-order valence-electron chi connectivity index (χ4n) is 1.99. The zero-order chi connectivity index (χ0) is 11.7. The predicted octanol–water partition coefficient (Wildman–Crippen LogP) is 2.53. The molecule has 3 nitrogen and oxygen atoms in total. The highest BCUT2D eigenvalue weighted by molar-refractivity contribution is 9.10. The third kappa shape index (κ3) is 1.62. The first-order valence-electron chi connectivity index (χ1n) is 5.00. The van der Waals surface area contributed by atoms with E-state index in [0.29, 0.717) is 6.54 Å². The second-order valence-corrected chi connectivity index (χ2v) is 4.61. The smallest absolute Gasteiger partial charge is 0.125 e. The summed E-state index contributed by atoms with van der Waals surface area (Å²) in [4.78, 5) is 0. The van der Waals surface area contributed by atoms with Crippen LogP contribution in [-0.2, 0) is 13.6 Å². The van der Waals surface area contributed by atoms with Gasteiger partial charge in [0.25, 0.3) is 0 Å². The second kappa shape index (κ2) is 4.28. The maximum absolute atomic E-state index is 9.19. The summed E-state index contributed by atoms with van der Waals surface area (Å²) in [5, 5.41) is 13.4. The standard InChI is InChI=1S/C12H12BrN3/c1-15-7-10-9-5-8(13)3-4-11(9)16(2)12(10)6-14/h3-5,15H,7H2,1-2H3.